The molecule has 0 aromatic rings. The molecule has 0 saturated heterocycles. The molecule has 5 nitrogen and oxygen atoms in total. The molecule has 174 valence electrons. The monoisotopic (exact) mass is 434 g/mol. The maximum absolute atomic E-state index is 13.3. The Hall–Kier alpha value is -0.380. The van der Waals surface area contributed by atoms with Crippen LogP contribution >= 0.6 is 7.60 Å². The maximum atomic E-state index is 13.3. The third kappa shape index (κ3) is 15.1. The van der Waals surface area contributed by atoms with Crippen molar-refractivity contribution in [3.63, 3.8) is 0 Å². The number of methoxy groups -OCH3 is 1. The van der Waals surface area contributed by atoms with Gasteiger partial charge in [-0.05, 0) is 33.1 Å². The molecule has 0 radical (unpaired) electrons. The van der Waals surface area contributed by atoms with Gasteiger partial charge in [-0.1, -0.05) is 77.6 Å². The van der Waals surface area contributed by atoms with E-state index in [0.717, 1.165) is 57.8 Å². The van der Waals surface area contributed by atoms with E-state index in [1.54, 1.807) is 0 Å². The lowest BCUT2D eigenvalue weighted by atomic mass is 10.0. The Morgan fingerprint density at radius 1 is 0.724 bits per heavy atom. The molecule has 1 atom stereocenters. The molecule has 29 heavy (non-hydrogen) atoms. The fraction of sp³-hybridized carbons (Fsp3) is 0.957. The SMILES string of the molecule is CCCCCCCCC(CCCCCCCCC(=O)OC)P(=O)(OCC)OCC. The van der Waals surface area contributed by atoms with Gasteiger partial charge in [-0.15, -0.1) is 0 Å². The average molecular weight is 435 g/mol. The van der Waals surface area contributed by atoms with Crippen LogP contribution < -0.4 is 0 Å². The summed E-state index contributed by atoms with van der Waals surface area (Å²) in [5, 5.41) is 0. The fourth-order valence-electron chi connectivity index (χ4n) is 3.69. The van der Waals surface area contributed by atoms with Crippen molar-refractivity contribution in [2.24, 2.45) is 0 Å². The van der Waals surface area contributed by atoms with Crippen LogP contribution in [0.1, 0.15) is 117 Å². The smallest absolute Gasteiger partial charge is 0.333 e. The number of esters is 1. The molecule has 0 amide bonds. The summed E-state index contributed by atoms with van der Waals surface area (Å²) in [7, 11) is -1.59. The zero-order valence-electron chi connectivity index (χ0n) is 19.6. The predicted molar refractivity (Wildman–Crippen MR) is 122 cm³/mol. The van der Waals surface area contributed by atoms with E-state index in [4.69, 9.17) is 9.05 Å². The summed E-state index contributed by atoms with van der Waals surface area (Å²) in [6.45, 7) is 6.88. The highest BCUT2D eigenvalue weighted by Crippen LogP contribution is 2.56. The van der Waals surface area contributed by atoms with Crippen LogP contribution in [0, 0.1) is 0 Å². The molecule has 0 rings (SSSR count). The summed E-state index contributed by atoms with van der Waals surface area (Å²) in [5.41, 5.74) is 0.0212. The van der Waals surface area contributed by atoms with Gasteiger partial charge in [0.05, 0.1) is 26.0 Å². The minimum atomic E-state index is -3.02. The Bertz CT molecular complexity index is 417. The van der Waals surface area contributed by atoms with E-state index in [9.17, 15) is 9.36 Å². The molecule has 0 aliphatic rings. The molecule has 0 aliphatic heterocycles. The number of hydrogen-bond acceptors (Lipinski definition) is 5. The molecular formula is C23H47O5P. The standard InChI is InChI=1S/C23H47O5P/c1-5-8-9-10-13-16-19-22(29(25,27-6-2)28-7-3)20-17-14-11-12-15-18-21-23(24)26-4/h22H,5-21H2,1-4H3. The molecule has 0 spiro atoms. The van der Waals surface area contributed by atoms with Gasteiger partial charge in [0.15, 0.2) is 0 Å². The summed E-state index contributed by atoms with van der Waals surface area (Å²) >= 11 is 0. The number of carbonyl (C=O) groups excluding carboxylic acids is 1. The van der Waals surface area contributed by atoms with Gasteiger partial charge in [0.25, 0.3) is 0 Å². The fourth-order valence-corrected chi connectivity index (χ4v) is 5.90. The van der Waals surface area contributed by atoms with Crippen molar-refractivity contribution >= 4 is 13.6 Å². The molecule has 0 aromatic heterocycles. The topological polar surface area (TPSA) is 61.8 Å². The quantitative estimate of drug-likeness (QED) is 0.105. The third-order valence-corrected chi connectivity index (χ3v) is 8.00. The van der Waals surface area contributed by atoms with Gasteiger partial charge in [-0.2, -0.15) is 0 Å². The second-order valence-electron chi connectivity index (χ2n) is 7.82. The highest BCUT2D eigenvalue weighted by atomic mass is 31.2. The number of carbonyl (C=O) groups is 1. The first kappa shape index (κ1) is 28.6. The number of rotatable bonds is 21. The maximum Gasteiger partial charge on any atom is 0.333 e. The predicted octanol–water partition coefficient (Wildman–Crippen LogP) is 7.67. The number of hydrogen-bond donors (Lipinski definition) is 0. The summed E-state index contributed by atoms with van der Waals surface area (Å²) < 4.78 is 29.3. The van der Waals surface area contributed by atoms with Crippen molar-refractivity contribution in [1.29, 1.82) is 0 Å². The Morgan fingerprint density at radius 3 is 1.62 bits per heavy atom. The molecular weight excluding hydrogens is 387 g/mol. The van der Waals surface area contributed by atoms with Crippen molar-refractivity contribution in [2.45, 2.75) is 123 Å². The Kier molecular flexibility index (Phi) is 19.3. The molecule has 0 aliphatic carbocycles. The van der Waals surface area contributed by atoms with Crippen LogP contribution in [0.3, 0.4) is 0 Å². The second kappa shape index (κ2) is 19.6. The molecule has 0 fully saturated rings. The minimum Gasteiger partial charge on any atom is -0.469 e. The molecule has 0 saturated carbocycles. The lowest BCUT2D eigenvalue weighted by molar-refractivity contribution is -0.140. The number of unbranched alkanes of at least 4 members (excludes halogenated alkanes) is 10. The van der Waals surface area contributed by atoms with Crippen molar-refractivity contribution in [3.05, 3.63) is 0 Å². The Labute approximate surface area is 180 Å². The van der Waals surface area contributed by atoms with E-state index < -0.39 is 7.60 Å². The molecule has 0 N–H and O–H groups in total. The molecule has 1 unspecified atom stereocenters. The van der Waals surface area contributed by atoms with E-state index in [2.05, 4.69) is 11.7 Å². The van der Waals surface area contributed by atoms with E-state index >= 15 is 0 Å². The van der Waals surface area contributed by atoms with Gasteiger partial charge in [-0.3, -0.25) is 9.36 Å². The zero-order chi connectivity index (χ0) is 21.8. The summed E-state index contributed by atoms with van der Waals surface area (Å²) in [6.07, 6.45) is 16.2. The van der Waals surface area contributed by atoms with Gasteiger partial charge >= 0.3 is 13.6 Å². The van der Waals surface area contributed by atoms with Gasteiger partial charge in [0.1, 0.15) is 0 Å². The Balaban J connectivity index is 4.29. The second-order valence-corrected chi connectivity index (χ2v) is 10.1. The first-order chi connectivity index (χ1) is 14.0. The minimum absolute atomic E-state index is 0.0212. The third-order valence-electron chi connectivity index (χ3n) is 5.35. The highest BCUT2D eigenvalue weighted by molar-refractivity contribution is 7.54. The van der Waals surface area contributed by atoms with Crippen LogP contribution in [0.4, 0.5) is 0 Å². The van der Waals surface area contributed by atoms with E-state index in [1.165, 1.54) is 39.2 Å². The van der Waals surface area contributed by atoms with Gasteiger partial charge in [-0.25, -0.2) is 0 Å². The number of ether oxygens (including phenoxy) is 1. The van der Waals surface area contributed by atoms with Gasteiger partial charge in [0.2, 0.25) is 0 Å². The lowest BCUT2D eigenvalue weighted by Crippen LogP contribution is -2.14. The van der Waals surface area contributed by atoms with E-state index in [-0.39, 0.29) is 11.6 Å². The van der Waals surface area contributed by atoms with Crippen LogP contribution in [0.2, 0.25) is 0 Å². The Morgan fingerprint density at radius 2 is 1.17 bits per heavy atom. The lowest BCUT2D eigenvalue weighted by Gasteiger charge is -2.26. The first-order valence-corrected chi connectivity index (χ1v) is 13.6. The van der Waals surface area contributed by atoms with Crippen LogP contribution in [-0.4, -0.2) is 32.0 Å². The van der Waals surface area contributed by atoms with E-state index in [0.29, 0.717) is 19.6 Å². The molecule has 0 aromatic carbocycles. The first-order valence-electron chi connectivity index (χ1n) is 12.0. The van der Waals surface area contributed by atoms with Crippen LogP contribution in [0.25, 0.3) is 0 Å². The van der Waals surface area contributed by atoms with Gasteiger partial charge in [0, 0.05) is 6.42 Å². The molecule has 6 heteroatoms. The highest BCUT2D eigenvalue weighted by Gasteiger charge is 2.34. The van der Waals surface area contributed by atoms with Gasteiger partial charge < -0.3 is 13.8 Å². The summed E-state index contributed by atoms with van der Waals surface area (Å²) in [6, 6.07) is 0. The summed E-state index contributed by atoms with van der Waals surface area (Å²) in [4.78, 5) is 11.1. The van der Waals surface area contributed by atoms with Crippen LogP contribution in [-0.2, 0) is 23.1 Å². The van der Waals surface area contributed by atoms with Crippen molar-refractivity contribution in [1.82, 2.24) is 0 Å². The van der Waals surface area contributed by atoms with Crippen molar-refractivity contribution < 1.29 is 23.1 Å². The average Bonchev–Trinajstić information content (AvgIpc) is 2.70. The molecule has 0 heterocycles. The van der Waals surface area contributed by atoms with Crippen LogP contribution in [0.15, 0.2) is 0 Å². The zero-order valence-corrected chi connectivity index (χ0v) is 20.5. The van der Waals surface area contributed by atoms with Crippen molar-refractivity contribution in [2.75, 3.05) is 20.3 Å². The molecule has 0 bridgehead atoms. The van der Waals surface area contributed by atoms with Crippen molar-refractivity contribution in [3.8, 4) is 0 Å². The summed E-state index contributed by atoms with van der Waals surface area (Å²) in [5.74, 6) is -0.120. The van der Waals surface area contributed by atoms with Crippen LogP contribution in [0.5, 0.6) is 0 Å². The largest absolute Gasteiger partial charge is 0.469 e. The normalized spacial score (nSPS) is 12.8. The van der Waals surface area contributed by atoms with E-state index in [1.807, 2.05) is 13.8 Å².